The van der Waals surface area contributed by atoms with Crippen molar-refractivity contribution in [3.8, 4) is 17.0 Å². The Balaban J connectivity index is 1.36. The number of urea groups is 1. The molecule has 1 fully saturated rings. The van der Waals surface area contributed by atoms with Crippen LogP contribution in [0.1, 0.15) is 21.7 Å². The quantitative estimate of drug-likeness (QED) is 0.307. The number of pyridine rings is 1. The van der Waals surface area contributed by atoms with E-state index in [4.69, 9.17) is 14.3 Å². The van der Waals surface area contributed by atoms with Gasteiger partial charge in [0.15, 0.2) is 11.1 Å². The summed E-state index contributed by atoms with van der Waals surface area (Å²) < 4.78 is 34.3. The number of carbonyl (C=O) groups is 3. The Bertz CT molecular complexity index is 1800. The maximum atomic E-state index is 13.2. The number of fused-ring (bicyclic) bond motifs is 2. The molecule has 198 valence electrons. The molecule has 4 N–H and O–H groups in total. The minimum absolute atomic E-state index is 0.0279. The summed E-state index contributed by atoms with van der Waals surface area (Å²) in [5.41, 5.74) is 1.44. The molecule has 1 unspecified atom stereocenters. The molecule has 12 nitrogen and oxygen atoms in total. The number of primary sulfonamides is 1. The van der Waals surface area contributed by atoms with E-state index in [0.717, 1.165) is 5.56 Å². The average Bonchev–Trinajstić information content (AvgIpc) is 3.56. The van der Waals surface area contributed by atoms with Crippen LogP contribution in [0.2, 0.25) is 0 Å². The Morgan fingerprint density at radius 2 is 1.85 bits per heavy atom. The fourth-order valence-electron chi connectivity index (χ4n) is 4.85. The van der Waals surface area contributed by atoms with Crippen LogP contribution < -0.4 is 20.5 Å². The number of methoxy groups -OCH3 is 1. The van der Waals surface area contributed by atoms with Crippen molar-refractivity contribution in [2.24, 2.45) is 5.14 Å². The number of nitrogens with one attached hydrogen (secondary N) is 2. The lowest BCUT2D eigenvalue weighted by Crippen LogP contribution is -2.52. The van der Waals surface area contributed by atoms with Gasteiger partial charge in [-0.3, -0.25) is 14.9 Å². The van der Waals surface area contributed by atoms with Gasteiger partial charge in [-0.25, -0.2) is 23.3 Å². The van der Waals surface area contributed by atoms with Crippen molar-refractivity contribution >= 4 is 39.0 Å². The van der Waals surface area contributed by atoms with Crippen molar-refractivity contribution in [2.75, 3.05) is 13.7 Å². The van der Waals surface area contributed by atoms with Gasteiger partial charge < -0.3 is 19.4 Å². The molecule has 1 atom stereocenters. The van der Waals surface area contributed by atoms with Gasteiger partial charge >= 0.3 is 6.03 Å². The number of nitrogens with two attached hydrogens (primary N) is 1. The van der Waals surface area contributed by atoms with E-state index in [0.29, 0.717) is 33.7 Å². The van der Waals surface area contributed by atoms with Crippen molar-refractivity contribution < 1.29 is 32.0 Å². The van der Waals surface area contributed by atoms with E-state index < -0.39 is 27.5 Å². The van der Waals surface area contributed by atoms with Crippen molar-refractivity contribution in [3.63, 3.8) is 0 Å². The summed E-state index contributed by atoms with van der Waals surface area (Å²) in [5.74, 6) is -0.330. The van der Waals surface area contributed by atoms with Crippen LogP contribution in [0.4, 0.5) is 4.79 Å². The summed E-state index contributed by atoms with van der Waals surface area (Å²) in [5, 5.41) is 10.1. The second-order valence-electron chi connectivity index (χ2n) is 9.26. The number of carbonyl (C=O) groups excluding carboxylic acids is 3. The molecule has 4 heterocycles. The molecular weight excluding hydrogens is 526 g/mol. The molecule has 0 spiro atoms. The van der Waals surface area contributed by atoms with Gasteiger partial charge in [0, 0.05) is 23.7 Å². The molecule has 2 aliphatic rings. The van der Waals surface area contributed by atoms with E-state index in [-0.39, 0.29) is 29.7 Å². The molecule has 0 saturated carbocycles. The first-order valence-corrected chi connectivity index (χ1v) is 13.3. The molecule has 0 radical (unpaired) electrons. The molecule has 0 aliphatic carbocycles. The Hall–Kier alpha value is -4.75. The SMILES string of the molecule is COc1ccc2c(c1)C(=O)N(CC1(c3cc4nc(-c5ccc(S(N)(=O)=O)cc5)ccc4o3)NC(=O)NC1=O)C2. The molecule has 6 rings (SSSR count). The summed E-state index contributed by atoms with van der Waals surface area (Å²) in [6.45, 7) is 0.0578. The number of ether oxygens (including phenoxy) is 1. The minimum Gasteiger partial charge on any atom is -0.497 e. The van der Waals surface area contributed by atoms with Crippen molar-refractivity contribution in [3.05, 3.63) is 77.6 Å². The van der Waals surface area contributed by atoms with E-state index in [2.05, 4.69) is 15.6 Å². The topological polar surface area (TPSA) is 174 Å². The first kappa shape index (κ1) is 24.6. The first-order chi connectivity index (χ1) is 18.6. The lowest BCUT2D eigenvalue weighted by Gasteiger charge is -2.28. The van der Waals surface area contributed by atoms with Gasteiger partial charge in [0.05, 0.1) is 24.2 Å². The minimum atomic E-state index is -3.84. The zero-order valence-corrected chi connectivity index (χ0v) is 21.2. The number of nitrogens with zero attached hydrogens (tertiary/aromatic N) is 2. The maximum Gasteiger partial charge on any atom is 0.322 e. The summed E-state index contributed by atoms with van der Waals surface area (Å²) in [6.07, 6.45) is 0. The lowest BCUT2D eigenvalue weighted by atomic mass is 9.95. The van der Waals surface area contributed by atoms with Gasteiger partial charge in [0.1, 0.15) is 17.0 Å². The fraction of sp³-hybridized carbons (Fsp3) is 0.154. The number of hydrogen-bond donors (Lipinski definition) is 3. The van der Waals surface area contributed by atoms with Crippen LogP contribution in [-0.2, 0) is 26.9 Å². The second-order valence-corrected chi connectivity index (χ2v) is 10.8. The lowest BCUT2D eigenvalue weighted by molar-refractivity contribution is -0.125. The zero-order valence-electron chi connectivity index (χ0n) is 20.4. The highest BCUT2D eigenvalue weighted by Crippen LogP contribution is 2.35. The molecule has 2 aromatic carbocycles. The number of sulfonamides is 1. The fourth-order valence-corrected chi connectivity index (χ4v) is 5.36. The highest BCUT2D eigenvalue weighted by molar-refractivity contribution is 7.89. The number of furan rings is 1. The summed E-state index contributed by atoms with van der Waals surface area (Å²) in [7, 11) is -2.33. The Morgan fingerprint density at radius 3 is 2.51 bits per heavy atom. The van der Waals surface area contributed by atoms with E-state index in [1.165, 1.54) is 24.1 Å². The molecule has 2 aromatic heterocycles. The largest absolute Gasteiger partial charge is 0.497 e. The molecular formula is C26H21N5O7S. The third kappa shape index (κ3) is 4.08. The standard InChI is InChI=1S/C26H21N5O7S/c1-37-16-5-2-15-12-31(23(32)18(15)10-16)13-26(24(33)29-25(34)30-26)22-11-20-21(38-22)9-8-19(28-20)14-3-6-17(7-4-14)39(27,35)36/h2-11H,12-13H2,1H3,(H2,27,35,36)(H2,29,30,33,34). The number of imide groups is 1. The van der Waals surface area contributed by atoms with E-state index >= 15 is 0 Å². The third-order valence-electron chi connectivity index (χ3n) is 6.84. The monoisotopic (exact) mass is 547 g/mol. The van der Waals surface area contributed by atoms with Gasteiger partial charge in [-0.2, -0.15) is 0 Å². The Labute approximate surface area is 221 Å². The van der Waals surface area contributed by atoms with Gasteiger partial charge in [-0.1, -0.05) is 18.2 Å². The highest BCUT2D eigenvalue weighted by Gasteiger charge is 2.53. The third-order valence-corrected chi connectivity index (χ3v) is 7.77. The van der Waals surface area contributed by atoms with E-state index in [1.807, 2.05) is 0 Å². The Kier molecular flexibility index (Phi) is 5.45. The van der Waals surface area contributed by atoms with Crippen molar-refractivity contribution in [2.45, 2.75) is 17.0 Å². The predicted octanol–water partition coefficient (Wildman–Crippen LogP) is 1.84. The Morgan fingerprint density at radius 1 is 1.08 bits per heavy atom. The zero-order chi connectivity index (χ0) is 27.5. The highest BCUT2D eigenvalue weighted by atomic mass is 32.2. The van der Waals surface area contributed by atoms with Gasteiger partial charge in [0.2, 0.25) is 10.0 Å². The average molecular weight is 548 g/mol. The summed E-state index contributed by atoms with van der Waals surface area (Å²) in [6, 6.07) is 15.2. The molecule has 4 amide bonds. The maximum absolute atomic E-state index is 13.2. The predicted molar refractivity (Wildman–Crippen MR) is 137 cm³/mol. The van der Waals surface area contributed by atoms with Crippen molar-refractivity contribution in [1.29, 1.82) is 0 Å². The van der Waals surface area contributed by atoms with Gasteiger partial charge in [-0.05, 0) is 42.0 Å². The van der Waals surface area contributed by atoms with E-state index in [9.17, 15) is 22.8 Å². The number of benzene rings is 2. The summed E-state index contributed by atoms with van der Waals surface area (Å²) >= 11 is 0. The van der Waals surface area contributed by atoms with Crippen LogP contribution >= 0.6 is 0 Å². The van der Waals surface area contributed by atoms with Crippen LogP contribution in [0.3, 0.4) is 0 Å². The van der Waals surface area contributed by atoms with Crippen LogP contribution in [0.25, 0.3) is 22.4 Å². The van der Waals surface area contributed by atoms with Crippen molar-refractivity contribution in [1.82, 2.24) is 20.5 Å². The second kappa shape index (κ2) is 8.64. The molecule has 0 bridgehead atoms. The smallest absolute Gasteiger partial charge is 0.322 e. The van der Waals surface area contributed by atoms with Crippen LogP contribution in [0.15, 0.2) is 70.0 Å². The molecule has 39 heavy (non-hydrogen) atoms. The molecule has 13 heteroatoms. The van der Waals surface area contributed by atoms with Crippen LogP contribution in [-0.4, -0.2) is 49.8 Å². The number of rotatable bonds is 6. The normalized spacial score (nSPS) is 18.8. The number of aromatic nitrogens is 1. The molecule has 4 aromatic rings. The molecule has 1 saturated heterocycles. The number of amides is 4. The van der Waals surface area contributed by atoms with Gasteiger partial charge in [-0.15, -0.1) is 0 Å². The first-order valence-electron chi connectivity index (χ1n) is 11.7. The number of hydrogen-bond acceptors (Lipinski definition) is 8. The molecule has 2 aliphatic heterocycles. The van der Waals surface area contributed by atoms with Crippen LogP contribution in [0.5, 0.6) is 5.75 Å². The van der Waals surface area contributed by atoms with E-state index in [1.54, 1.807) is 48.5 Å². The summed E-state index contributed by atoms with van der Waals surface area (Å²) in [4.78, 5) is 44.7. The van der Waals surface area contributed by atoms with Crippen LogP contribution in [0, 0.1) is 0 Å². The van der Waals surface area contributed by atoms with Gasteiger partial charge in [0.25, 0.3) is 11.8 Å².